The van der Waals surface area contributed by atoms with Crippen molar-refractivity contribution in [1.82, 2.24) is 77.3 Å². The Bertz CT molecular complexity index is 6530. The van der Waals surface area contributed by atoms with E-state index in [1.807, 2.05) is 27.7 Å². The maximum atomic E-state index is 13.9. The molecule has 8 aromatic heterocycles. The lowest BCUT2D eigenvalue weighted by Gasteiger charge is -2.41. The molecule has 730 valence electrons. The second-order valence-electron chi connectivity index (χ2n) is 31.9. The number of ether oxygens (including phenoxy) is 9. The number of nitrogens with two attached hydrogens (primary N) is 4. The van der Waals surface area contributed by atoms with Crippen LogP contribution < -0.4 is 63.1 Å². The fourth-order valence-corrected chi connectivity index (χ4v) is 15.9. The van der Waals surface area contributed by atoms with Crippen molar-refractivity contribution in [3.63, 3.8) is 0 Å². The summed E-state index contributed by atoms with van der Waals surface area (Å²) in [6.07, 6.45) is -5.75. The lowest BCUT2D eigenvalue weighted by atomic mass is 9.99. The highest BCUT2D eigenvalue weighted by molar-refractivity contribution is 6.08. The minimum absolute atomic E-state index is 0.00163. The summed E-state index contributed by atoms with van der Waals surface area (Å²) in [4.78, 5) is 124. The maximum absolute atomic E-state index is 13.9. The van der Waals surface area contributed by atoms with Gasteiger partial charge in [0.25, 0.3) is 23.6 Å². The Labute approximate surface area is 780 Å². The molecule has 137 heavy (non-hydrogen) atoms. The molecule has 48 nitrogen and oxygen atoms in total. The lowest BCUT2D eigenvalue weighted by Crippen LogP contribution is -2.60. The molecular weight excluding hydrogens is 1790 g/mol. The van der Waals surface area contributed by atoms with Crippen LogP contribution in [-0.4, -0.2) is 283 Å². The number of benzene rings is 4. The third-order valence-corrected chi connectivity index (χ3v) is 22.5. The molecular formula is C89H110N24O24. The number of aromatic nitrogens is 16. The molecule has 12 aromatic rings. The fraction of sp³-hybridized carbons (Fsp3) is 0.416. The van der Waals surface area contributed by atoms with Gasteiger partial charge in [0.15, 0.2) is 12.6 Å². The third kappa shape index (κ3) is 21.9. The summed E-state index contributed by atoms with van der Waals surface area (Å²) < 4.78 is 64.3. The molecule has 4 aromatic carbocycles. The number of carbonyl (C=O) groups is 8. The summed E-state index contributed by atoms with van der Waals surface area (Å²) in [7, 11) is 4.18. The molecule has 0 saturated carbocycles. The number of aliphatic hydroxyl groups is 7. The van der Waals surface area contributed by atoms with Gasteiger partial charge in [0.1, 0.15) is 117 Å². The van der Waals surface area contributed by atoms with E-state index in [9.17, 15) is 74.1 Å². The highest BCUT2D eigenvalue weighted by Gasteiger charge is 2.46. The average Bonchev–Trinajstić information content (AvgIpc) is 1.63. The van der Waals surface area contributed by atoms with Crippen LogP contribution in [0.2, 0.25) is 0 Å². The number of fused-ring (bicyclic) bond motifs is 4. The molecule has 0 bridgehead atoms. The number of aliphatic hydroxyl groups excluding tert-OH is 7. The van der Waals surface area contributed by atoms with Crippen LogP contribution in [0, 0.1) is 27.7 Å². The van der Waals surface area contributed by atoms with Crippen molar-refractivity contribution in [2.24, 2.45) is 22.9 Å². The van der Waals surface area contributed by atoms with E-state index in [0.717, 1.165) is 0 Å². The molecule has 14 rings (SSSR count). The predicted molar refractivity (Wildman–Crippen MR) is 491 cm³/mol. The van der Waals surface area contributed by atoms with Crippen molar-refractivity contribution in [2.75, 3.05) is 82.2 Å². The highest BCUT2D eigenvalue weighted by Crippen LogP contribution is 2.38. The van der Waals surface area contributed by atoms with Gasteiger partial charge in [-0.3, -0.25) is 78.4 Å². The van der Waals surface area contributed by atoms with Gasteiger partial charge >= 0.3 is 0 Å². The van der Waals surface area contributed by atoms with Gasteiger partial charge in [0, 0.05) is 94.6 Å². The average molecular weight is 1900 g/mol. The Hall–Kier alpha value is -14.4. The molecule has 10 atom stereocenters. The molecule has 0 radical (unpaired) electrons. The second-order valence-corrected chi connectivity index (χ2v) is 31.9. The number of methoxy groups -OCH3 is 3. The number of aryl methyl sites for hydroxylation is 8. The number of carbonyl (C=O) groups excluding carboxylic acids is 8. The first-order valence-electron chi connectivity index (χ1n) is 43.8. The summed E-state index contributed by atoms with van der Waals surface area (Å²) in [5, 5.41) is 100. The van der Waals surface area contributed by atoms with E-state index in [-0.39, 0.29) is 157 Å². The van der Waals surface area contributed by atoms with Crippen molar-refractivity contribution in [2.45, 2.75) is 182 Å². The van der Waals surface area contributed by atoms with E-state index in [1.54, 1.807) is 113 Å². The number of nitrogens with zero attached hydrogens (tertiary/aromatic N) is 16. The zero-order valence-electron chi connectivity index (χ0n) is 76.9. The molecule has 2 aliphatic rings. The number of rotatable bonds is 41. The van der Waals surface area contributed by atoms with Gasteiger partial charge in [-0.05, 0) is 128 Å². The number of imidazole rings is 4. The van der Waals surface area contributed by atoms with Crippen LogP contribution in [0.3, 0.4) is 0 Å². The van der Waals surface area contributed by atoms with Crippen LogP contribution in [0.5, 0.6) is 23.0 Å². The van der Waals surface area contributed by atoms with E-state index >= 15 is 0 Å². The predicted octanol–water partition coefficient (Wildman–Crippen LogP) is 2.63. The first kappa shape index (κ1) is 100. The largest absolute Gasteiger partial charge is 0.494 e. The molecule has 2 fully saturated rings. The number of hydrogen-bond donors (Lipinski definition) is 15. The van der Waals surface area contributed by atoms with Crippen molar-refractivity contribution in [3.05, 3.63) is 165 Å². The monoisotopic (exact) mass is 1900 g/mol. The molecule has 10 heterocycles. The summed E-state index contributed by atoms with van der Waals surface area (Å²) in [6, 6.07) is 18.4. The quantitative estimate of drug-likeness (QED) is 0.0193. The third-order valence-electron chi connectivity index (χ3n) is 22.5. The first-order valence-corrected chi connectivity index (χ1v) is 43.8. The van der Waals surface area contributed by atoms with E-state index in [2.05, 4.69) is 51.6 Å². The van der Waals surface area contributed by atoms with Crippen LogP contribution in [0.25, 0.3) is 44.1 Å². The zero-order valence-corrected chi connectivity index (χ0v) is 76.9. The summed E-state index contributed by atoms with van der Waals surface area (Å²) in [6.45, 7) is 15.3. The molecule has 19 N–H and O–H groups in total. The Morgan fingerprint density at radius 3 is 0.964 bits per heavy atom. The van der Waals surface area contributed by atoms with E-state index < -0.39 is 122 Å². The van der Waals surface area contributed by atoms with Crippen LogP contribution in [0.15, 0.2) is 97.1 Å². The van der Waals surface area contributed by atoms with Gasteiger partial charge in [0.2, 0.25) is 47.4 Å². The summed E-state index contributed by atoms with van der Waals surface area (Å²) in [5.74, 6) is -3.56. The Morgan fingerprint density at radius 1 is 0.380 bits per heavy atom. The van der Waals surface area contributed by atoms with Gasteiger partial charge in [0.05, 0.1) is 98.7 Å². The number of anilines is 4. The van der Waals surface area contributed by atoms with Crippen LogP contribution in [0.4, 0.5) is 23.8 Å². The number of allylic oxidation sites excluding steroid dienone is 4. The maximum Gasteiger partial charge on any atom is 0.276 e. The minimum Gasteiger partial charge on any atom is -0.494 e. The number of nitrogens with one attached hydrogen (secondary N) is 4. The standard InChI is InChI=1S/C45H56N12O12.C44H54N12O12/c1-7-56-29(16-23(3)52-56)41(63)50-44-48-27-18-25(39(46)61)20-31(65-5)34(27)54(44)12-9-10-13-55-35-28(49-45(55)51-42(64)30-17-24(4)53-57(30)8-2)19-26(40(47)62)21-32(35)67-14-11-15-68-38-36(59)33(22-58)69-43(66-6)37(38)60;1-6-55-28(15-22(3)51-55)40(63)49-43-47-26-17-24(38(45)61)19-30(65-5)33(26)53(43)11-8-9-12-54-34-27(48-44(54)50-41(64)29-16-23(4)52-56(29)7-2)18-25(39(46)62)20-31(34)66-13-10-14-67-42-37(60)36(59)35(58)32(21-57)68-42/h9-10,16-21,33,36-38,43,58-60H,7-8,11-15,22H2,1-6H3,(H2,46,61)(H2,47,62)(H,48,50,63)(H,49,51,64);8-9,15-20,32,35-37,42,57-60H,6-7,10-14,21H2,1-5H3,(H2,45,61)(H2,46,62)(H,47,49,63)(H,48,50,64)/b10-9+;9-8+/t33-,36-,37-,38-,43+;32-,35-,36+,37-,42-/m11/s1. The summed E-state index contributed by atoms with van der Waals surface area (Å²) >= 11 is 0. The zero-order chi connectivity index (χ0) is 98.7. The van der Waals surface area contributed by atoms with Crippen molar-refractivity contribution >= 4 is 115 Å². The Kier molecular flexibility index (Phi) is 32.1. The molecule has 2 aliphatic heterocycles. The Morgan fingerprint density at radius 2 is 0.672 bits per heavy atom. The second kappa shape index (κ2) is 43.9. The van der Waals surface area contributed by atoms with Crippen molar-refractivity contribution in [1.29, 1.82) is 0 Å². The van der Waals surface area contributed by atoms with Crippen LogP contribution in [-0.2, 0) is 76.0 Å². The molecule has 2 saturated heterocycles. The van der Waals surface area contributed by atoms with Crippen LogP contribution >= 0.6 is 0 Å². The summed E-state index contributed by atoms with van der Waals surface area (Å²) in [5.41, 5.74) is 29.8. The van der Waals surface area contributed by atoms with Gasteiger partial charge in [-0.15, -0.1) is 0 Å². The normalized spacial score (nSPS) is 18.4. The van der Waals surface area contributed by atoms with Crippen molar-refractivity contribution in [3.8, 4) is 23.0 Å². The van der Waals surface area contributed by atoms with Crippen LogP contribution in [0.1, 0.15) is 147 Å². The SMILES string of the molecule is CCn1nc(C)cc1C(=O)Nc1nc2cc(C(N)=O)cc(OC)c2n1C/C=C/Cn1c(NC(=O)c2cc(C)nn2CC)nc2cc(C(N)=O)cc(OCCCO[C@@H]3O[C@H](CO)[C@@H](O)[C@H](O)[C@H]3O)c21.CCn1nc(C)cc1C(=O)Nc1nc2cc(C(N)=O)cc(OC)c2n1C/C=C/Cn1c(NC(=O)c2cc(C)nn2CC)nc2cc(C(N)=O)cc(OCCCO[C@H]3[C@@H](O)[C@@H](OC)O[C@H](CO)[C@H]3O)c21. The highest BCUT2D eigenvalue weighted by atomic mass is 16.7. The van der Waals surface area contributed by atoms with E-state index in [4.69, 9.17) is 75.5 Å². The minimum atomic E-state index is -1.62. The molecule has 0 spiro atoms. The number of primary amides is 4. The topological polar surface area (TPSA) is 656 Å². The fourth-order valence-electron chi connectivity index (χ4n) is 15.9. The van der Waals surface area contributed by atoms with Gasteiger partial charge in [-0.2, -0.15) is 20.4 Å². The molecule has 0 unspecified atom stereocenters. The molecule has 8 amide bonds. The van der Waals surface area contributed by atoms with Gasteiger partial charge < -0.3 is 120 Å². The van der Waals surface area contributed by atoms with E-state index in [0.29, 0.717) is 93.4 Å². The number of amides is 8. The number of hydrogen-bond acceptors (Lipinski definition) is 32. The molecule has 48 heteroatoms. The first-order chi connectivity index (χ1) is 65.7. The smallest absolute Gasteiger partial charge is 0.276 e. The molecule has 0 aliphatic carbocycles. The van der Waals surface area contributed by atoms with Gasteiger partial charge in [-0.1, -0.05) is 24.3 Å². The van der Waals surface area contributed by atoms with Crippen molar-refractivity contribution < 1.29 is 117 Å². The lowest BCUT2D eigenvalue weighted by molar-refractivity contribution is -0.301. The van der Waals surface area contributed by atoms with Gasteiger partial charge in [-0.25, -0.2) is 19.9 Å². The van der Waals surface area contributed by atoms with E-state index in [1.165, 1.54) is 69.9 Å². The Balaban J connectivity index is 0.000000232.